The zero-order valence-corrected chi connectivity index (χ0v) is 11.7. The average molecular weight is 275 g/mol. The summed E-state index contributed by atoms with van der Waals surface area (Å²) in [6, 6.07) is -0.0217. The Bertz CT molecular complexity index is 393. The van der Waals surface area contributed by atoms with Gasteiger partial charge < -0.3 is 10.0 Å². The summed E-state index contributed by atoms with van der Waals surface area (Å²) in [5.41, 5.74) is -0.688. The first-order valence-corrected chi connectivity index (χ1v) is 6.62. The van der Waals surface area contributed by atoms with Crippen LogP contribution in [0, 0.1) is 5.41 Å². The highest BCUT2D eigenvalue weighted by atomic mass is 35.5. The number of carbonyl (C=O) groups excluding carboxylic acids is 1. The van der Waals surface area contributed by atoms with E-state index in [0.717, 1.165) is 0 Å². The van der Waals surface area contributed by atoms with Crippen molar-refractivity contribution in [2.45, 2.75) is 38.8 Å². The number of carbonyl (C=O) groups is 2. The van der Waals surface area contributed by atoms with Gasteiger partial charge in [-0.25, -0.2) is 4.79 Å². The number of likely N-dealkylation sites (tertiary alicyclic amines) is 2. The minimum Gasteiger partial charge on any atom is -0.465 e. The van der Waals surface area contributed by atoms with Crippen molar-refractivity contribution < 1.29 is 14.7 Å². The second-order valence-electron chi connectivity index (χ2n) is 6.19. The summed E-state index contributed by atoms with van der Waals surface area (Å²) < 4.78 is 0. The number of piperazine rings is 1. The van der Waals surface area contributed by atoms with Crippen LogP contribution in [-0.4, -0.2) is 57.5 Å². The Labute approximate surface area is 112 Å². The van der Waals surface area contributed by atoms with Gasteiger partial charge >= 0.3 is 6.09 Å². The lowest BCUT2D eigenvalue weighted by molar-refractivity contribution is -0.132. The summed E-state index contributed by atoms with van der Waals surface area (Å²) >= 11 is 5.61. The standard InChI is InChI=1S/C12H19ClN2O3/c1-11(2,3)12-4-8(6-15(12)10(17)18)14(7-12)9(16)5-13/h8H,4-7H2,1-3H3,(H,17,18)/t8-,12+/m1/s1. The second-order valence-corrected chi connectivity index (χ2v) is 6.46. The monoisotopic (exact) mass is 274 g/mol. The van der Waals surface area contributed by atoms with Crippen molar-refractivity contribution in [1.82, 2.24) is 9.80 Å². The van der Waals surface area contributed by atoms with Crippen LogP contribution in [0.2, 0.25) is 0 Å². The number of nitrogens with zero attached hydrogens (tertiary/aromatic N) is 2. The fourth-order valence-electron chi connectivity index (χ4n) is 3.30. The molecule has 0 aliphatic carbocycles. The summed E-state index contributed by atoms with van der Waals surface area (Å²) in [7, 11) is 0. The number of rotatable bonds is 1. The van der Waals surface area contributed by atoms with Gasteiger partial charge in [0.05, 0.1) is 11.6 Å². The lowest BCUT2D eigenvalue weighted by Crippen LogP contribution is -2.62. The maximum absolute atomic E-state index is 11.8. The van der Waals surface area contributed by atoms with E-state index < -0.39 is 11.6 Å². The highest BCUT2D eigenvalue weighted by molar-refractivity contribution is 6.27. The molecule has 2 amide bonds. The van der Waals surface area contributed by atoms with Crippen LogP contribution in [0.25, 0.3) is 0 Å². The van der Waals surface area contributed by atoms with Gasteiger partial charge in [0.25, 0.3) is 0 Å². The molecule has 2 bridgehead atoms. The molecule has 0 radical (unpaired) electrons. The Kier molecular flexibility index (Phi) is 3.00. The molecule has 102 valence electrons. The zero-order valence-electron chi connectivity index (χ0n) is 10.9. The third-order valence-corrected chi connectivity index (χ3v) is 4.65. The van der Waals surface area contributed by atoms with Crippen molar-refractivity contribution in [3.05, 3.63) is 0 Å². The van der Waals surface area contributed by atoms with Crippen LogP contribution in [0.15, 0.2) is 0 Å². The maximum Gasteiger partial charge on any atom is 0.407 e. The molecular formula is C12H19ClN2O3. The molecule has 0 aromatic heterocycles. The largest absolute Gasteiger partial charge is 0.465 e. The van der Waals surface area contributed by atoms with Gasteiger partial charge in [-0.3, -0.25) is 9.69 Å². The van der Waals surface area contributed by atoms with Gasteiger partial charge in [-0.05, 0) is 11.8 Å². The van der Waals surface area contributed by atoms with E-state index in [1.54, 1.807) is 4.90 Å². The minimum absolute atomic E-state index is 0.0217. The minimum atomic E-state index is -0.898. The van der Waals surface area contributed by atoms with Gasteiger partial charge in [0.1, 0.15) is 5.88 Å². The van der Waals surface area contributed by atoms with E-state index in [4.69, 9.17) is 11.6 Å². The molecule has 2 rings (SSSR count). The van der Waals surface area contributed by atoms with Crippen LogP contribution in [0.4, 0.5) is 4.79 Å². The van der Waals surface area contributed by atoms with Crippen molar-refractivity contribution in [2.75, 3.05) is 19.0 Å². The summed E-state index contributed by atoms with van der Waals surface area (Å²) in [6.07, 6.45) is -0.184. The summed E-state index contributed by atoms with van der Waals surface area (Å²) in [5, 5.41) is 9.34. The fraction of sp³-hybridized carbons (Fsp3) is 0.833. The molecule has 0 saturated carbocycles. The quantitative estimate of drug-likeness (QED) is 0.739. The summed E-state index contributed by atoms with van der Waals surface area (Å²) in [6.45, 7) is 6.94. The molecule has 2 aliphatic heterocycles. The number of alkyl halides is 1. The molecule has 2 aliphatic rings. The molecule has 0 unspecified atom stereocenters. The molecule has 0 spiro atoms. The molecule has 2 heterocycles. The Morgan fingerprint density at radius 1 is 1.44 bits per heavy atom. The van der Waals surface area contributed by atoms with Crippen molar-refractivity contribution >= 4 is 23.6 Å². The van der Waals surface area contributed by atoms with Crippen molar-refractivity contribution in [1.29, 1.82) is 0 Å². The first kappa shape index (κ1) is 13.5. The predicted molar refractivity (Wildman–Crippen MR) is 67.8 cm³/mol. The highest BCUT2D eigenvalue weighted by Crippen LogP contribution is 2.50. The average Bonchev–Trinajstić information content (AvgIpc) is 2.83. The van der Waals surface area contributed by atoms with Crippen molar-refractivity contribution in [2.24, 2.45) is 5.41 Å². The van der Waals surface area contributed by atoms with Crippen molar-refractivity contribution in [3.8, 4) is 0 Å². The molecule has 2 atom stereocenters. The number of hydrogen-bond donors (Lipinski definition) is 1. The van der Waals surface area contributed by atoms with Crippen LogP contribution < -0.4 is 0 Å². The van der Waals surface area contributed by atoms with Crippen LogP contribution in [0.3, 0.4) is 0 Å². The number of carboxylic acid groups (broad SMARTS) is 1. The van der Waals surface area contributed by atoms with Gasteiger partial charge in [0, 0.05) is 13.1 Å². The Morgan fingerprint density at radius 2 is 2.06 bits per heavy atom. The summed E-state index contributed by atoms with van der Waals surface area (Å²) in [5.74, 6) is -0.137. The third kappa shape index (κ3) is 1.67. The van der Waals surface area contributed by atoms with Crippen molar-refractivity contribution in [3.63, 3.8) is 0 Å². The Morgan fingerprint density at radius 3 is 2.50 bits per heavy atom. The van der Waals surface area contributed by atoms with Gasteiger partial charge in [-0.15, -0.1) is 11.6 Å². The molecule has 5 nitrogen and oxygen atoms in total. The lowest BCUT2D eigenvalue weighted by atomic mass is 9.73. The smallest absolute Gasteiger partial charge is 0.407 e. The van der Waals surface area contributed by atoms with Crippen LogP contribution in [-0.2, 0) is 4.79 Å². The fourth-order valence-corrected chi connectivity index (χ4v) is 3.45. The summed E-state index contributed by atoms with van der Waals surface area (Å²) in [4.78, 5) is 26.4. The van der Waals surface area contributed by atoms with Gasteiger partial charge in [-0.1, -0.05) is 20.8 Å². The molecule has 0 aromatic rings. The van der Waals surface area contributed by atoms with E-state index in [-0.39, 0.29) is 23.2 Å². The predicted octanol–water partition coefficient (Wildman–Crippen LogP) is 1.60. The molecule has 0 aromatic carbocycles. The van der Waals surface area contributed by atoms with Crippen LogP contribution in [0.5, 0.6) is 0 Å². The van der Waals surface area contributed by atoms with E-state index in [1.807, 2.05) is 20.8 Å². The first-order valence-electron chi connectivity index (χ1n) is 6.09. The van der Waals surface area contributed by atoms with E-state index >= 15 is 0 Å². The zero-order chi connectivity index (χ0) is 13.7. The van der Waals surface area contributed by atoms with E-state index in [2.05, 4.69) is 0 Å². The normalized spacial score (nSPS) is 31.0. The topological polar surface area (TPSA) is 60.9 Å². The highest BCUT2D eigenvalue weighted by Gasteiger charge is 2.62. The van der Waals surface area contributed by atoms with Gasteiger partial charge in [0.15, 0.2) is 0 Å². The number of fused-ring (bicyclic) bond motifs is 2. The Hall–Kier alpha value is -0.970. The molecular weight excluding hydrogens is 256 g/mol. The van der Waals surface area contributed by atoms with Gasteiger partial charge in [-0.2, -0.15) is 0 Å². The van der Waals surface area contributed by atoms with E-state index in [9.17, 15) is 14.7 Å². The number of halogens is 1. The second kappa shape index (κ2) is 4.02. The number of hydrogen-bond acceptors (Lipinski definition) is 2. The molecule has 2 saturated heterocycles. The molecule has 6 heteroatoms. The molecule has 18 heavy (non-hydrogen) atoms. The van der Waals surface area contributed by atoms with E-state index in [1.165, 1.54) is 4.90 Å². The SMILES string of the molecule is CC(C)(C)[C@@]12C[C@H](CN1C(=O)O)N(C(=O)CCl)C2. The molecule has 2 fully saturated rings. The van der Waals surface area contributed by atoms with Crippen LogP contribution >= 0.6 is 11.6 Å². The van der Waals surface area contributed by atoms with Gasteiger partial charge in [0.2, 0.25) is 5.91 Å². The Balaban J connectivity index is 2.34. The third-order valence-electron chi connectivity index (χ3n) is 4.42. The molecule has 1 N–H and O–H groups in total. The lowest BCUT2D eigenvalue weighted by Gasteiger charge is -2.48. The van der Waals surface area contributed by atoms with Crippen LogP contribution in [0.1, 0.15) is 27.2 Å². The first-order chi connectivity index (χ1) is 8.23. The van der Waals surface area contributed by atoms with E-state index in [0.29, 0.717) is 19.5 Å². The number of amides is 2. The maximum atomic E-state index is 11.8.